The number of rotatable bonds is 9. The second kappa shape index (κ2) is 11.3. The number of amides is 1. The molecule has 0 saturated carbocycles. The number of nitrogens with one attached hydrogen (secondary N) is 2. The fraction of sp³-hybridized carbons (Fsp3) is 0.133. The van der Waals surface area contributed by atoms with Crippen LogP contribution in [0.3, 0.4) is 0 Å². The summed E-state index contributed by atoms with van der Waals surface area (Å²) in [5.74, 6) is 1.31. The van der Waals surface area contributed by atoms with Crippen molar-refractivity contribution in [3.05, 3.63) is 113 Å². The number of benzene rings is 4. The molecule has 4 aromatic carbocycles. The number of carbonyl (C=O) groups is 2. The minimum absolute atomic E-state index is 0.0961. The van der Waals surface area contributed by atoms with E-state index >= 15 is 0 Å². The van der Waals surface area contributed by atoms with Crippen molar-refractivity contribution < 1.29 is 24.2 Å². The lowest BCUT2D eigenvalue weighted by atomic mass is 9.97. The van der Waals surface area contributed by atoms with Crippen LogP contribution in [0, 0.1) is 13.8 Å². The van der Waals surface area contributed by atoms with Crippen molar-refractivity contribution in [3.63, 3.8) is 0 Å². The highest BCUT2D eigenvalue weighted by Gasteiger charge is 2.17. The summed E-state index contributed by atoms with van der Waals surface area (Å²) < 4.78 is 11.9. The number of carboxylic acid groups (broad SMARTS) is 1. The highest BCUT2D eigenvalue weighted by Crippen LogP contribution is 2.29. The number of hydrogen-bond donors (Lipinski definition) is 3. The number of anilines is 1. The normalized spacial score (nSPS) is 10.5. The maximum absolute atomic E-state index is 12.0. The molecule has 0 aliphatic carbocycles. The number of carbonyl (C=O) groups excluding carboxylic acids is 1. The molecule has 7 nitrogen and oxygen atoms in total. The monoisotopic (exact) mass is 496 g/mol. The topological polar surface area (TPSA) is 96.9 Å². The minimum Gasteiger partial charge on any atom is -0.478 e. The average molecular weight is 497 g/mol. The molecule has 188 valence electrons. The van der Waals surface area contributed by atoms with Crippen LogP contribution < -0.4 is 20.1 Å². The zero-order valence-electron chi connectivity index (χ0n) is 20.9. The average Bonchev–Trinajstić information content (AvgIpc) is 2.89. The van der Waals surface area contributed by atoms with Gasteiger partial charge in [-0.15, -0.1) is 0 Å². The van der Waals surface area contributed by atoms with Crippen LogP contribution >= 0.6 is 0 Å². The highest BCUT2D eigenvalue weighted by molar-refractivity contribution is 5.98. The van der Waals surface area contributed by atoms with E-state index in [0.29, 0.717) is 34.9 Å². The van der Waals surface area contributed by atoms with Crippen molar-refractivity contribution in [1.29, 1.82) is 0 Å². The van der Waals surface area contributed by atoms with Crippen molar-refractivity contribution in [2.45, 2.75) is 20.4 Å². The van der Waals surface area contributed by atoms with Gasteiger partial charge in [-0.05, 0) is 85.6 Å². The van der Waals surface area contributed by atoms with Gasteiger partial charge in [0, 0.05) is 30.9 Å². The summed E-state index contributed by atoms with van der Waals surface area (Å²) in [7, 11) is 1.51. The molecule has 0 aliphatic rings. The molecule has 3 N–H and O–H groups in total. The van der Waals surface area contributed by atoms with Gasteiger partial charge in [-0.3, -0.25) is 4.79 Å². The van der Waals surface area contributed by atoms with E-state index in [9.17, 15) is 14.7 Å². The molecule has 0 radical (unpaired) electrons. The van der Waals surface area contributed by atoms with E-state index in [1.807, 2.05) is 79.7 Å². The Kier molecular flexibility index (Phi) is 7.74. The first-order valence-corrected chi connectivity index (χ1v) is 11.8. The van der Waals surface area contributed by atoms with Gasteiger partial charge in [-0.25, -0.2) is 4.79 Å². The molecule has 0 saturated heterocycles. The SMILES string of the molecule is CNC(=O)c1cc(C)c(CNc2ccc(Oc3cccc(Oc4ccc(C)cc4)c3)cc2)c(C(=O)O)c1. The second-order valence-corrected chi connectivity index (χ2v) is 8.57. The second-order valence-electron chi connectivity index (χ2n) is 8.57. The fourth-order valence-corrected chi connectivity index (χ4v) is 3.83. The number of aromatic carboxylic acids is 1. The van der Waals surface area contributed by atoms with Crippen LogP contribution in [-0.2, 0) is 6.54 Å². The predicted octanol–water partition coefficient (Wildman–Crippen LogP) is 6.56. The van der Waals surface area contributed by atoms with Gasteiger partial charge in [0.05, 0.1) is 5.56 Å². The molecular weight excluding hydrogens is 468 g/mol. The van der Waals surface area contributed by atoms with Gasteiger partial charge in [-0.1, -0.05) is 23.8 Å². The molecule has 0 atom stereocenters. The van der Waals surface area contributed by atoms with Crippen molar-refractivity contribution in [2.75, 3.05) is 12.4 Å². The zero-order valence-corrected chi connectivity index (χ0v) is 20.9. The molecule has 0 unspecified atom stereocenters. The predicted molar refractivity (Wildman–Crippen MR) is 143 cm³/mol. The Morgan fingerprint density at radius 3 is 1.95 bits per heavy atom. The molecule has 0 aromatic heterocycles. The van der Waals surface area contributed by atoms with Crippen LogP contribution in [0.4, 0.5) is 5.69 Å². The van der Waals surface area contributed by atoms with Crippen LogP contribution in [-0.4, -0.2) is 24.0 Å². The van der Waals surface area contributed by atoms with E-state index in [0.717, 1.165) is 17.0 Å². The largest absolute Gasteiger partial charge is 0.478 e. The summed E-state index contributed by atoms with van der Waals surface area (Å²) in [5.41, 5.74) is 3.72. The van der Waals surface area contributed by atoms with Gasteiger partial charge < -0.3 is 25.2 Å². The molecule has 4 aromatic rings. The van der Waals surface area contributed by atoms with Gasteiger partial charge in [0.15, 0.2) is 0 Å². The fourth-order valence-electron chi connectivity index (χ4n) is 3.83. The Labute approximate surface area is 215 Å². The Morgan fingerprint density at radius 2 is 1.38 bits per heavy atom. The minimum atomic E-state index is -1.08. The van der Waals surface area contributed by atoms with E-state index in [-0.39, 0.29) is 11.5 Å². The van der Waals surface area contributed by atoms with Gasteiger partial charge in [0.1, 0.15) is 23.0 Å². The van der Waals surface area contributed by atoms with E-state index < -0.39 is 5.97 Å². The lowest BCUT2D eigenvalue weighted by Gasteiger charge is -2.14. The first-order valence-electron chi connectivity index (χ1n) is 11.8. The summed E-state index contributed by atoms with van der Waals surface area (Å²) in [4.78, 5) is 23.8. The molecule has 0 aliphatic heterocycles. The van der Waals surface area contributed by atoms with Gasteiger partial charge in [0.25, 0.3) is 5.91 Å². The molecule has 1 amide bonds. The number of hydrogen-bond acceptors (Lipinski definition) is 5. The summed E-state index contributed by atoms with van der Waals surface area (Å²) in [6, 6.07) is 25.7. The van der Waals surface area contributed by atoms with E-state index in [2.05, 4.69) is 10.6 Å². The van der Waals surface area contributed by atoms with E-state index in [1.54, 1.807) is 13.0 Å². The molecule has 0 bridgehead atoms. The van der Waals surface area contributed by atoms with Gasteiger partial charge >= 0.3 is 5.97 Å². The standard InChI is InChI=1S/C30H28N2O5/c1-19-7-11-23(12-8-19)36-25-5-4-6-26(17-25)37-24-13-9-22(10-14-24)32-18-28-20(2)15-21(29(33)31-3)16-27(28)30(34)35/h4-17,32H,18H2,1-3H3,(H,31,33)(H,34,35). The number of aryl methyl sites for hydroxylation is 2. The summed E-state index contributed by atoms with van der Waals surface area (Å²) in [6.45, 7) is 4.11. The smallest absolute Gasteiger partial charge is 0.336 e. The van der Waals surface area contributed by atoms with Crippen molar-refractivity contribution in [1.82, 2.24) is 5.32 Å². The van der Waals surface area contributed by atoms with Gasteiger partial charge in [0.2, 0.25) is 0 Å². The molecule has 0 fully saturated rings. The summed E-state index contributed by atoms with van der Waals surface area (Å²) in [5, 5.41) is 15.4. The Balaban J connectivity index is 1.41. The van der Waals surface area contributed by atoms with E-state index in [1.165, 1.54) is 18.7 Å². The molecule has 0 spiro atoms. The quantitative estimate of drug-likeness (QED) is 0.243. The third-order valence-corrected chi connectivity index (χ3v) is 5.81. The Bertz CT molecular complexity index is 1410. The third-order valence-electron chi connectivity index (χ3n) is 5.81. The number of carboxylic acids is 1. The summed E-state index contributed by atoms with van der Waals surface area (Å²) >= 11 is 0. The third kappa shape index (κ3) is 6.46. The summed E-state index contributed by atoms with van der Waals surface area (Å²) in [6.07, 6.45) is 0. The van der Waals surface area contributed by atoms with Crippen LogP contribution in [0.15, 0.2) is 84.9 Å². The first kappa shape index (κ1) is 25.3. The Morgan fingerprint density at radius 1 is 0.784 bits per heavy atom. The van der Waals surface area contributed by atoms with Crippen molar-refractivity contribution in [2.24, 2.45) is 0 Å². The van der Waals surface area contributed by atoms with Crippen LogP contribution in [0.25, 0.3) is 0 Å². The van der Waals surface area contributed by atoms with E-state index in [4.69, 9.17) is 9.47 Å². The maximum Gasteiger partial charge on any atom is 0.336 e. The molecular formula is C30H28N2O5. The lowest BCUT2D eigenvalue weighted by molar-refractivity contribution is 0.0695. The van der Waals surface area contributed by atoms with Crippen LogP contribution in [0.2, 0.25) is 0 Å². The van der Waals surface area contributed by atoms with Crippen LogP contribution in [0.1, 0.15) is 37.4 Å². The van der Waals surface area contributed by atoms with Gasteiger partial charge in [-0.2, -0.15) is 0 Å². The molecule has 0 heterocycles. The molecule has 7 heteroatoms. The molecule has 37 heavy (non-hydrogen) atoms. The highest BCUT2D eigenvalue weighted by atomic mass is 16.5. The molecule has 4 rings (SSSR count). The van der Waals surface area contributed by atoms with Crippen LogP contribution in [0.5, 0.6) is 23.0 Å². The lowest BCUT2D eigenvalue weighted by Crippen LogP contribution is -2.20. The first-order chi connectivity index (χ1) is 17.8. The maximum atomic E-state index is 12.0. The Hall–Kier alpha value is -4.78. The zero-order chi connectivity index (χ0) is 26.4. The van der Waals surface area contributed by atoms with Crippen molar-refractivity contribution >= 4 is 17.6 Å². The number of ether oxygens (including phenoxy) is 2. The van der Waals surface area contributed by atoms with Crippen molar-refractivity contribution in [3.8, 4) is 23.0 Å².